The van der Waals surface area contributed by atoms with E-state index in [0.717, 1.165) is 22.3 Å². The Morgan fingerprint density at radius 3 is 2.25 bits per heavy atom. The fourth-order valence-corrected chi connectivity index (χ4v) is 2.52. The SMILES string of the molecule is CC(=O)O[C@@H](c1ccc(C)cc1)c1ccccc1CN(C)C(C)=O. The maximum Gasteiger partial charge on any atom is 0.303 e. The molecule has 0 fully saturated rings. The van der Waals surface area contributed by atoms with Crippen molar-refractivity contribution in [2.75, 3.05) is 7.05 Å². The second kappa shape index (κ2) is 7.77. The molecule has 4 heteroatoms. The summed E-state index contributed by atoms with van der Waals surface area (Å²) in [6, 6.07) is 15.7. The van der Waals surface area contributed by atoms with Crippen molar-refractivity contribution in [1.29, 1.82) is 0 Å². The van der Waals surface area contributed by atoms with Gasteiger partial charge in [0.1, 0.15) is 0 Å². The van der Waals surface area contributed by atoms with Crippen LogP contribution in [0, 0.1) is 6.92 Å². The van der Waals surface area contributed by atoms with E-state index in [4.69, 9.17) is 4.74 Å². The number of benzene rings is 2. The van der Waals surface area contributed by atoms with Crippen LogP contribution in [0.1, 0.15) is 42.2 Å². The summed E-state index contributed by atoms with van der Waals surface area (Å²) in [5.74, 6) is -0.348. The molecule has 0 spiro atoms. The van der Waals surface area contributed by atoms with Crippen LogP contribution in [-0.4, -0.2) is 23.8 Å². The van der Waals surface area contributed by atoms with Crippen LogP contribution in [0.2, 0.25) is 0 Å². The summed E-state index contributed by atoms with van der Waals surface area (Å²) < 4.78 is 5.60. The number of carbonyl (C=O) groups is 2. The molecule has 0 aliphatic heterocycles. The van der Waals surface area contributed by atoms with Gasteiger partial charge in [0.2, 0.25) is 5.91 Å². The molecule has 0 heterocycles. The van der Waals surface area contributed by atoms with Crippen LogP contribution >= 0.6 is 0 Å². The van der Waals surface area contributed by atoms with Crippen molar-refractivity contribution < 1.29 is 14.3 Å². The minimum Gasteiger partial charge on any atom is -0.453 e. The summed E-state index contributed by atoms with van der Waals surface area (Å²) in [5, 5.41) is 0. The first-order valence-electron chi connectivity index (χ1n) is 7.91. The van der Waals surface area contributed by atoms with Gasteiger partial charge in [0.15, 0.2) is 6.10 Å². The van der Waals surface area contributed by atoms with E-state index >= 15 is 0 Å². The molecule has 0 N–H and O–H groups in total. The lowest BCUT2D eigenvalue weighted by Crippen LogP contribution is -2.24. The highest BCUT2D eigenvalue weighted by molar-refractivity contribution is 5.73. The smallest absolute Gasteiger partial charge is 0.303 e. The lowest BCUT2D eigenvalue weighted by atomic mass is 9.95. The number of amides is 1. The fraction of sp³-hybridized carbons (Fsp3) is 0.300. The topological polar surface area (TPSA) is 46.6 Å². The van der Waals surface area contributed by atoms with Gasteiger partial charge >= 0.3 is 5.97 Å². The molecule has 0 radical (unpaired) electrons. The van der Waals surface area contributed by atoms with E-state index in [1.807, 2.05) is 55.5 Å². The summed E-state index contributed by atoms with van der Waals surface area (Å²) in [7, 11) is 1.76. The molecule has 24 heavy (non-hydrogen) atoms. The Morgan fingerprint density at radius 1 is 1.04 bits per heavy atom. The van der Waals surface area contributed by atoms with E-state index in [1.165, 1.54) is 13.8 Å². The van der Waals surface area contributed by atoms with Crippen LogP contribution in [0.25, 0.3) is 0 Å². The van der Waals surface area contributed by atoms with Gasteiger partial charge in [-0.05, 0) is 18.1 Å². The molecule has 1 amide bonds. The van der Waals surface area contributed by atoms with Gasteiger partial charge in [-0.15, -0.1) is 0 Å². The molecule has 0 saturated carbocycles. The Balaban J connectivity index is 2.44. The average molecular weight is 325 g/mol. The Hall–Kier alpha value is -2.62. The third-order valence-electron chi connectivity index (χ3n) is 3.95. The average Bonchev–Trinajstić information content (AvgIpc) is 2.54. The number of hydrogen-bond acceptors (Lipinski definition) is 3. The molecule has 0 aromatic heterocycles. The minimum absolute atomic E-state index is 0.0100. The number of rotatable bonds is 5. The quantitative estimate of drug-likeness (QED) is 0.789. The molecule has 2 aromatic rings. The zero-order valence-electron chi connectivity index (χ0n) is 14.6. The van der Waals surface area contributed by atoms with Crippen molar-refractivity contribution in [2.45, 2.75) is 33.4 Å². The fourth-order valence-electron chi connectivity index (χ4n) is 2.52. The number of esters is 1. The highest BCUT2D eigenvalue weighted by Crippen LogP contribution is 2.29. The molecule has 2 rings (SSSR count). The molecule has 2 aromatic carbocycles. The zero-order chi connectivity index (χ0) is 17.7. The highest BCUT2D eigenvalue weighted by atomic mass is 16.5. The molecule has 0 aliphatic carbocycles. The van der Waals surface area contributed by atoms with Crippen molar-refractivity contribution >= 4 is 11.9 Å². The van der Waals surface area contributed by atoms with Crippen LogP contribution in [-0.2, 0) is 20.9 Å². The minimum atomic E-state index is -0.486. The lowest BCUT2D eigenvalue weighted by molar-refractivity contribution is -0.144. The van der Waals surface area contributed by atoms with Gasteiger partial charge in [0.05, 0.1) is 0 Å². The van der Waals surface area contributed by atoms with Gasteiger partial charge in [0, 0.05) is 33.0 Å². The van der Waals surface area contributed by atoms with Gasteiger partial charge in [-0.2, -0.15) is 0 Å². The predicted molar refractivity (Wildman–Crippen MR) is 93.4 cm³/mol. The molecule has 0 unspecified atom stereocenters. The molecule has 126 valence electrons. The maximum absolute atomic E-state index is 11.6. The molecule has 0 aliphatic rings. The molecule has 0 saturated heterocycles. The Bertz CT molecular complexity index is 722. The summed E-state index contributed by atoms with van der Waals surface area (Å²) >= 11 is 0. The third kappa shape index (κ3) is 4.44. The van der Waals surface area contributed by atoms with E-state index < -0.39 is 6.10 Å². The number of carbonyl (C=O) groups excluding carboxylic acids is 2. The number of ether oxygens (including phenoxy) is 1. The molecular formula is C20H23NO3. The third-order valence-corrected chi connectivity index (χ3v) is 3.95. The first kappa shape index (κ1) is 17.7. The highest BCUT2D eigenvalue weighted by Gasteiger charge is 2.21. The maximum atomic E-state index is 11.6. The van der Waals surface area contributed by atoms with Crippen molar-refractivity contribution in [3.8, 4) is 0 Å². The zero-order valence-corrected chi connectivity index (χ0v) is 14.6. The van der Waals surface area contributed by atoms with Crippen molar-refractivity contribution in [3.05, 3.63) is 70.8 Å². The molecule has 0 bridgehead atoms. The van der Waals surface area contributed by atoms with Crippen LogP contribution in [0.3, 0.4) is 0 Å². The lowest BCUT2D eigenvalue weighted by Gasteiger charge is -2.23. The summed E-state index contributed by atoms with van der Waals surface area (Å²) in [6.07, 6.45) is -0.486. The number of aryl methyl sites for hydroxylation is 1. The molecule has 1 atom stereocenters. The normalized spacial score (nSPS) is 11.7. The Kier molecular flexibility index (Phi) is 5.74. The summed E-state index contributed by atoms with van der Waals surface area (Å²) in [5.41, 5.74) is 3.91. The van der Waals surface area contributed by atoms with E-state index in [-0.39, 0.29) is 11.9 Å². The van der Waals surface area contributed by atoms with Gasteiger partial charge < -0.3 is 9.64 Å². The van der Waals surface area contributed by atoms with Crippen LogP contribution in [0.15, 0.2) is 48.5 Å². The van der Waals surface area contributed by atoms with E-state index in [2.05, 4.69) is 0 Å². The van der Waals surface area contributed by atoms with E-state index in [1.54, 1.807) is 11.9 Å². The van der Waals surface area contributed by atoms with Gasteiger partial charge in [-0.25, -0.2) is 0 Å². The first-order valence-corrected chi connectivity index (χ1v) is 7.91. The van der Waals surface area contributed by atoms with Crippen molar-refractivity contribution in [2.24, 2.45) is 0 Å². The van der Waals surface area contributed by atoms with Gasteiger partial charge in [-0.3, -0.25) is 9.59 Å². The van der Waals surface area contributed by atoms with Gasteiger partial charge in [0.25, 0.3) is 0 Å². The summed E-state index contributed by atoms with van der Waals surface area (Å²) in [4.78, 5) is 24.8. The Labute approximate surface area is 143 Å². The van der Waals surface area contributed by atoms with Crippen molar-refractivity contribution in [3.63, 3.8) is 0 Å². The second-order valence-electron chi connectivity index (χ2n) is 5.97. The monoisotopic (exact) mass is 325 g/mol. The van der Waals surface area contributed by atoms with E-state index in [9.17, 15) is 9.59 Å². The molecular weight excluding hydrogens is 302 g/mol. The van der Waals surface area contributed by atoms with Crippen molar-refractivity contribution in [1.82, 2.24) is 4.90 Å². The predicted octanol–water partition coefficient (Wildman–Crippen LogP) is 3.63. The second-order valence-corrected chi connectivity index (χ2v) is 5.97. The van der Waals surface area contributed by atoms with Crippen LogP contribution < -0.4 is 0 Å². The Morgan fingerprint density at radius 2 is 1.67 bits per heavy atom. The standard InChI is InChI=1S/C20H23NO3/c1-14-9-11-17(12-10-14)20(24-16(3)23)19-8-6-5-7-18(19)13-21(4)15(2)22/h5-12,20H,13H2,1-4H3/t20-/m0/s1. The van der Waals surface area contributed by atoms with E-state index in [0.29, 0.717) is 6.54 Å². The van der Waals surface area contributed by atoms with Crippen LogP contribution in [0.5, 0.6) is 0 Å². The van der Waals surface area contributed by atoms with Crippen LogP contribution in [0.4, 0.5) is 0 Å². The van der Waals surface area contributed by atoms with Gasteiger partial charge in [-0.1, -0.05) is 54.1 Å². The number of hydrogen-bond donors (Lipinski definition) is 0. The molecule has 4 nitrogen and oxygen atoms in total. The first-order chi connectivity index (χ1) is 11.4. The number of nitrogens with zero attached hydrogens (tertiary/aromatic N) is 1. The summed E-state index contributed by atoms with van der Waals surface area (Å²) in [6.45, 7) is 5.42. The largest absolute Gasteiger partial charge is 0.453 e.